The van der Waals surface area contributed by atoms with E-state index in [1.165, 1.54) is 0 Å². The molecule has 0 aliphatic carbocycles. The lowest BCUT2D eigenvalue weighted by Gasteiger charge is -2.14. The molecule has 1 unspecified atom stereocenters. The molecule has 1 saturated heterocycles. The lowest BCUT2D eigenvalue weighted by atomic mass is 10.3. The summed E-state index contributed by atoms with van der Waals surface area (Å²) in [6.07, 6.45) is 4.53. The fraction of sp³-hybridized carbons (Fsp3) is 0.353. The van der Waals surface area contributed by atoms with Crippen molar-refractivity contribution >= 4 is 17.5 Å². The Morgan fingerprint density at radius 1 is 1.40 bits per heavy atom. The summed E-state index contributed by atoms with van der Waals surface area (Å²) in [5.74, 6) is 0.669. The average Bonchev–Trinajstić information content (AvgIpc) is 3.32. The number of fused-ring (bicyclic) bond motifs is 1. The second kappa shape index (κ2) is 6.56. The van der Waals surface area contributed by atoms with Crippen LogP contribution in [0.25, 0.3) is 5.65 Å². The third-order valence-electron chi connectivity index (χ3n) is 4.41. The molecule has 0 spiro atoms. The molecule has 1 aliphatic rings. The third kappa shape index (κ3) is 3.08. The van der Waals surface area contributed by atoms with Crippen molar-refractivity contribution < 1.29 is 9.53 Å². The van der Waals surface area contributed by atoms with Crippen LogP contribution < -0.4 is 10.6 Å². The van der Waals surface area contributed by atoms with Gasteiger partial charge in [-0.2, -0.15) is 5.10 Å². The second-order valence-corrected chi connectivity index (χ2v) is 6.06. The largest absolute Gasteiger partial charge is 0.379 e. The molecule has 1 fully saturated rings. The fourth-order valence-corrected chi connectivity index (χ4v) is 3.12. The third-order valence-corrected chi connectivity index (χ3v) is 4.41. The maximum Gasteiger partial charge on any atom is 0.320 e. The second-order valence-electron chi connectivity index (χ2n) is 6.06. The highest BCUT2D eigenvalue weighted by Crippen LogP contribution is 2.22. The van der Waals surface area contributed by atoms with E-state index in [1.54, 1.807) is 12.3 Å². The van der Waals surface area contributed by atoms with Crippen molar-refractivity contribution in [2.75, 3.05) is 18.5 Å². The van der Waals surface area contributed by atoms with Gasteiger partial charge >= 0.3 is 6.03 Å². The Labute approximate surface area is 144 Å². The number of anilines is 1. The number of aryl methyl sites for hydroxylation is 1. The predicted octanol–water partition coefficient (Wildman–Crippen LogP) is 2.12. The van der Waals surface area contributed by atoms with E-state index in [1.807, 2.05) is 40.4 Å². The minimum atomic E-state index is -0.272. The van der Waals surface area contributed by atoms with Crippen LogP contribution in [-0.4, -0.2) is 38.4 Å². The highest BCUT2D eigenvalue weighted by molar-refractivity contribution is 5.88. The molecule has 1 atom stereocenters. The minimum absolute atomic E-state index is 0.173. The molecule has 0 radical (unpaired) electrons. The van der Waals surface area contributed by atoms with Crippen LogP contribution >= 0.6 is 0 Å². The number of nitrogens with zero attached hydrogens (tertiary/aromatic N) is 4. The van der Waals surface area contributed by atoms with Crippen molar-refractivity contribution in [1.29, 1.82) is 0 Å². The van der Waals surface area contributed by atoms with Crippen LogP contribution in [0.15, 0.2) is 36.7 Å². The van der Waals surface area contributed by atoms with Crippen molar-refractivity contribution in [3.05, 3.63) is 48.0 Å². The maximum atomic E-state index is 12.3. The molecular weight excluding hydrogens is 320 g/mol. The number of amides is 2. The number of pyridine rings is 1. The minimum Gasteiger partial charge on any atom is -0.379 e. The van der Waals surface area contributed by atoms with Gasteiger partial charge in [0.1, 0.15) is 11.5 Å². The Kier molecular flexibility index (Phi) is 4.10. The van der Waals surface area contributed by atoms with Crippen LogP contribution in [0.5, 0.6) is 0 Å². The summed E-state index contributed by atoms with van der Waals surface area (Å²) in [6, 6.07) is 7.52. The van der Waals surface area contributed by atoms with Crippen LogP contribution in [0.3, 0.4) is 0 Å². The highest BCUT2D eigenvalue weighted by Gasteiger charge is 2.21. The van der Waals surface area contributed by atoms with E-state index in [4.69, 9.17) is 4.74 Å². The Bertz CT molecular complexity index is 894. The van der Waals surface area contributed by atoms with Gasteiger partial charge in [-0.05, 0) is 25.5 Å². The van der Waals surface area contributed by atoms with E-state index in [0.29, 0.717) is 19.0 Å². The topological polar surface area (TPSA) is 85.5 Å². The van der Waals surface area contributed by atoms with Crippen LogP contribution in [0, 0.1) is 6.92 Å². The van der Waals surface area contributed by atoms with Crippen LogP contribution in [0.2, 0.25) is 0 Å². The van der Waals surface area contributed by atoms with E-state index < -0.39 is 0 Å². The molecule has 3 aromatic rings. The standard InChI is InChI=1S/C17H20N6O2/c1-12-14(22-8-3-2-4-15(22)20-12)10-18-17(24)21-16-5-7-19-23(16)13-6-9-25-11-13/h2-5,7-8,13H,6,9-11H2,1H3,(H2,18,21,24). The molecule has 1 aliphatic heterocycles. The predicted molar refractivity (Wildman–Crippen MR) is 92.5 cm³/mol. The summed E-state index contributed by atoms with van der Waals surface area (Å²) >= 11 is 0. The zero-order chi connectivity index (χ0) is 17.2. The van der Waals surface area contributed by atoms with Crippen LogP contribution in [0.1, 0.15) is 23.9 Å². The zero-order valence-corrected chi connectivity index (χ0v) is 14.0. The first kappa shape index (κ1) is 15.6. The molecule has 3 aromatic heterocycles. The van der Waals surface area contributed by atoms with Gasteiger partial charge in [-0.1, -0.05) is 6.07 Å². The molecule has 2 N–H and O–H groups in total. The molecule has 0 bridgehead atoms. The summed E-state index contributed by atoms with van der Waals surface area (Å²) in [4.78, 5) is 16.8. The van der Waals surface area contributed by atoms with Gasteiger partial charge in [0.15, 0.2) is 0 Å². The number of imidazole rings is 1. The first-order chi connectivity index (χ1) is 12.2. The summed E-state index contributed by atoms with van der Waals surface area (Å²) in [6.45, 7) is 3.68. The summed E-state index contributed by atoms with van der Waals surface area (Å²) in [7, 11) is 0. The van der Waals surface area contributed by atoms with Crippen molar-refractivity contribution in [2.24, 2.45) is 0 Å². The van der Waals surface area contributed by atoms with Gasteiger partial charge < -0.3 is 14.5 Å². The monoisotopic (exact) mass is 340 g/mol. The molecule has 0 aromatic carbocycles. The number of hydrogen-bond donors (Lipinski definition) is 2. The molecule has 8 heteroatoms. The lowest BCUT2D eigenvalue weighted by molar-refractivity contribution is 0.185. The van der Waals surface area contributed by atoms with Gasteiger partial charge in [-0.25, -0.2) is 14.5 Å². The van der Waals surface area contributed by atoms with E-state index in [0.717, 1.165) is 30.1 Å². The maximum absolute atomic E-state index is 12.3. The number of ether oxygens (including phenoxy) is 1. The van der Waals surface area contributed by atoms with Crippen molar-refractivity contribution in [3.8, 4) is 0 Å². The number of aromatic nitrogens is 4. The van der Waals surface area contributed by atoms with E-state index >= 15 is 0 Å². The van der Waals surface area contributed by atoms with Gasteiger partial charge in [-0.3, -0.25) is 5.32 Å². The fourth-order valence-electron chi connectivity index (χ4n) is 3.12. The molecule has 130 valence electrons. The first-order valence-corrected chi connectivity index (χ1v) is 8.31. The van der Waals surface area contributed by atoms with Crippen LogP contribution in [0.4, 0.5) is 10.6 Å². The number of hydrogen-bond acceptors (Lipinski definition) is 4. The number of carbonyl (C=O) groups excluding carboxylic acids is 1. The van der Waals surface area contributed by atoms with Crippen molar-refractivity contribution in [2.45, 2.75) is 25.9 Å². The van der Waals surface area contributed by atoms with E-state index in [9.17, 15) is 4.79 Å². The lowest BCUT2D eigenvalue weighted by Crippen LogP contribution is -2.30. The Balaban J connectivity index is 1.43. The smallest absolute Gasteiger partial charge is 0.320 e. The SMILES string of the molecule is Cc1nc2ccccn2c1CNC(=O)Nc1ccnn1C1CCOC1. The molecule has 2 amide bonds. The van der Waals surface area contributed by atoms with E-state index in [2.05, 4.69) is 20.7 Å². The quantitative estimate of drug-likeness (QED) is 0.762. The number of nitrogens with one attached hydrogen (secondary N) is 2. The van der Waals surface area contributed by atoms with Crippen LogP contribution in [-0.2, 0) is 11.3 Å². The first-order valence-electron chi connectivity index (χ1n) is 8.31. The molecule has 0 saturated carbocycles. The molecular formula is C17H20N6O2. The Morgan fingerprint density at radius 3 is 3.16 bits per heavy atom. The summed E-state index contributed by atoms with van der Waals surface area (Å²) in [5, 5.41) is 10.0. The molecule has 25 heavy (non-hydrogen) atoms. The van der Waals surface area contributed by atoms with Gasteiger partial charge in [0.05, 0.1) is 36.8 Å². The van der Waals surface area contributed by atoms with Gasteiger partial charge in [0, 0.05) is 18.9 Å². The summed E-state index contributed by atoms with van der Waals surface area (Å²) in [5.41, 5.74) is 2.74. The zero-order valence-electron chi connectivity index (χ0n) is 14.0. The van der Waals surface area contributed by atoms with Crippen molar-refractivity contribution in [1.82, 2.24) is 24.5 Å². The van der Waals surface area contributed by atoms with Gasteiger partial charge in [-0.15, -0.1) is 0 Å². The van der Waals surface area contributed by atoms with Gasteiger partial charge in [0.25, 0.3) is 0 Å². The van der Waals surface area contributed by atoms with E-state index in [-0.39, 0.29) is 12.1 Å². The average molecular weight is 340 g/mol. The Morgan fingerprint density at radius 2 is 2.32 bits per heavy atom. The van der Waals surface area contributed by atoms with Gasteiger partial charge in [0.2, 0.25) is 0 Å². The molecule has 4 rings (SSSR count). The number of rotatable bonds is 4. The molecule has 8 nitrogen and oxygen atoms in total. The highest BCUT2D eigenvalue weighted by atomic mass is 16.5. The molecule has 4 heterocycles. The summed E-state index contributed by atoms with van der Waals surface area (Å²) < 4.78 is 9.19. The number of urea groups is 1. The number of carbonyl (C=O) groups is 1. The Hall–Kier alpha value is -2.87. The normalized spacial score (nSPS) is 17.1. The van der Waals surface area contributed by atoms with Crippen molar-refractivity contribution in [3.63, 3.8) is 0 Å².